The summed E-state index contributed by atoms with van der Waals surface area (Å²) in [7, 11) is 0. The van der Waals surface area contributed by atoms with E-state index in [-0.39, 0.29) is 23.6 Å². The van der Waals surface area contributed by atoms with Crippen molar-refractivity contribution in [2.75, 3.05) is 32.7 Å². The average Bonchev–Trinajstić information content (AvgIpc) is 3.35. The molecule has 3 aliphatic rings. The van der Waals surface area contributed by atoms with Gasteiger partial charge in [0.05, 0.1) is 12.1 Å². The Kier molecular flexibility index (Phi) is 7.13. The van der Waals surface area contributed by atoms with Crippen molar-refractivity contribution in [2.24, 2.45) is 0 Å². The van der Waals surface area contributed by atoms with Gasteiger partial charge in [-0.2, -0.15) is 0 Å². The van der Waals surface area contributed by atoms with Gasteiger partial charge in [0.2, 0.25) is 0 Å². The number of amides is 1. The molecule has 7 heteroatoms. The molecule has 1 atom stereocenters. The van der Waals surface area contributed by atoms with E-state index >= 15 is 0 Å². The molecule has 2 saturated heterocycles. The number of benzene rings is 2. The fourth-order valence-electron chi connectivity index (χ4n) is 5.11. The largest absolute Gasteiger partial charge is 0.489 e. The molecule has 3 aliphatic heterocycles. The molecular weight excluding hydrogens is 448 g/mol. The molecule has 0 aliphatic carbocycles. The minimum absolute atomic E-state index is 0.0323. The number of hydrogen-bond donors (Lipinski definition) is 0. The first-order valence-corrected chi connectivity index (χ1v) is 12.4. The minimum atomic E-state index is -0.292. The monoisotopic (exact) mass is 479 g/mol. The van der Waals surface area contributed by atoms with E-state index in [0.29, 0.717) is 30.5 Å². The molecule has 0 spiro atoms. The molecule has 0 aromatic heterocycles. The molecule has 0 unspecified atom stereocenters. The number of piperidine rings is 1. The van der Waals surface area contributed by atoms with E-state index in [1.54, 1.807) is 12.1 Å². The second-order valence-corrected chi connectivity index (χ2v) is 9.55. The number of carbonyl (C=O) groups excluding carboxylic acids is 1. The summed E-state index contributed by atoms with van der Waals surface area (Å²) >= 11 is 0. The lowest BCUT2D eigenvalue weighted by Crippen LogP contribution is -2.43. The SMILES string of the molecule is O=C(C1=CN(C2CCN(Cc3ccc(F)cc3)CC2)CC=C1)N1CC[C@H](Oc2ccc(F)cc2)C1. The molecule has 1 amide bonds. The van der Waals surface area contributed by atoms with Crippen LogP contribution in [0.4, 0.5) is 8.78 Å². The third-order valence-corrected chi connectivity index (χ3v) is 7.06. The van der Waals surface area contributed by atoms with Gasteiger partial charge in [-0.1, -0.05) is 24.3 Å². The molecule has 0 bridgehead atoms. The lowest BCUT2D eigenvalue weighted by Gasteiger charge is -2.39. The van der Waals surface area contributed by atoms with Crippen LogP contribution in [0.25, 0.3) is 0 Å². The van der Waals surface area contributed by atoms with Gasteiger partial charge in [0, 0.05) is 51.4 Å². The van der Waals surface area contributed by atoms with Crippen molar-refractivity contribution in [1.29, 1.82) is 0 Å². The third kappa shape index (κ3) is 5.90. The highest BCUT2D eigenvalue weighted by Gasteiger charge is 2.30. The first-order valence-electron chi connectivity index (χ1n) is 12.4. The quantitative estimate of drug-likeness (QED) is 0.617. The lowest BCUT2D eigenvalue weighted by molar-refractivity contribution is -0.126. The molecule has 184 valence electrons. The van der Waals surface area contributed by atoms with Gasteiger partial charge >= 0.3 is 0 Å². The van der Waals surface area contributed by atoms with Gasteiger partial charge in [-0.15, -0.1) is 0 Å². The van der Waals surface area contributed by atoms with E-state index in [4.69, 9.17) is 4.74 Å². The van der Waals surface area contributed by atoms with Gasteiger partial charge in [-0.25, -0.2) is 8.78 Å². The van der Waals surface area contributed by atoms with Gasteiger partial charge < -0.3 is 14.5 Å². The molecule has 2 aromatic carbocycles. The molecule has 5 rings (SSSR count). The van der Waals surface area contributed by atoms with Crippen LogP contribution in [0.1, 0.15) is 24.8 Å². The summed E-state index contributed by atoms with van der Waals surface area (Å²) in [5.74, 6) is 0.164. The second kappa shape index (κ2) is 10.6. The summed E-state index contributed by atoms with van der Waals surface area (Å²) in [5, 5.41) is 0. The smallest absolute Gasteiger partial charge is 0.255 e. The normalized spacial score (nSPS) is 21.3. The van der Waals surface area contributed by atoms with Gasteiger partial charge in [0.1, 0.15) is 23.5 Å². The van der Waals surface area contributed by atoms with Crippen molar-refractivity contribution in [1.82, 2.24) is 14.7 Å². The fraction of sp³-hybridized carbons (Fsp3) is 0.393. The maximum Gasteiger partial charge on any atom is 0.255 e. The molecule has 35 heavy (non-hydrogen) atoms. The van der Waals surface area contributed by atoms with Crippen LogP contribution in [-0.2, 0) is 11.3 Å². The van der Waals surface area contributed by atoms with Crippen LogP contribution < -0.4 is 4.74 Å². The Morgan fingerprint density at radius 3 is 2.31 bits per heavy atom. The fourth-order valence-corrected chi connectivity index (χ4v) is 5.11. The van der Waals surface area contributed by atoms with Crippen molar-refractivity contribution in [3.05, 3.63) is 89.7 Å². The van der Waals surface area contributed by atoms with Crippen LogP contribution in [0, 0.1) is 11.6 Å². The molecule has 0 saturated carbocycles. The molecule has 3 heterocycles. The topological polar surface area (TPSA) is 36.0 Å². The number of nitrogens with zero attached hydrogens (tertiary/aromatic N) is 3. The summed E-state index contributed by atoms with van der Waals surface area (Å²) in [6.07, 6.45) is 8.76. The standard InChI is InChI=1S/C28H31F2N3O2/c29-23-5-3-21(4-6-23)18-31-15-11-25(12-16-31)32-14-1-2-22(19-32)28(34)33-17-13-27(20-33)35-26-9-7-24(30)8-10-26/h1-10,19,25,27H,11-18,20H2/t27-/m0/s1. The molecular formula is C28H31F2N3O2. The Bertz CT molecular complexity index is 1080. The van der Waals surface area contributed by atoms with E-state index in [1.807, 2.05) is 29.3 Å². The summed E-state index contributed by atoms with van der Waals surface area (Å²) in [4.78, 5) is 19.7. The zero-order valence-electron chi connectivity index (χ0n) is 19.8. The zero-order valence-corrected chi connectivity index (χ0v) is 19.8. The van der Waals surface area contributed by atoms with Crippen LogP contribution >= 0.6 is 0 Å². The Balaban J connectivity index is 1.12. The minimum Gasteiger partial charge on any atom is -0.489 e. The van der Waals surface area contributed by atoms with Crippen LogP contribution in [0.2, 0.25) is 0 Å². The van der Waals surface area contributed by atoms with Crippen molar-refractivity contribution < 1.29 is 18.3 Å². The van der Waals surface area contributed by atoms with Crippen molar-refractivity contribution in [3.8, 4) is 5.75 Å². The van der Waals surface area contributed by atoms with Crippen molar-refractivity contribution in [2.45, 2.75) is 38.0 Å². The molecule has 0 radical (unpaired) electrons. The molecule has 0 N–H and O–H groups in total. The van der Waals surface area contributed by atoms with Gasteiger partial charge in [0.25, 0.3) is 5.91 Å². The number of ether oxygens (including phenoxy) is 1. The first kappa shape index (κ1) is 23.5. The molecule has 2 fully saturated rings. The van der Waals surface area contributed by atoms with Gasteiger partial charge in [0.15, 0.2) is 0 Å². The van der Waals surface area contributed by atoms with Crippen LogP contribution in [0.15, 0.2) is 72.5 Å². The van der Waals surface area contributed by atoms with E-state index in [1.165, 1.54) is 24.3 Å². The highest BCUT2D eigenvalue weighted by Crippen LogP contribution is 2.24. The number of rotatable bonds is 6. The van der Waals surface area contributed by atoms with Gasteiger partial charge in [-0.05, 0) is 54.8 Å². The molecule has 5 nitrogen and oxygen atoms in total. The highest BCUT2D eigenvalue weighted by atomic mass is 19.1. The number of carbonyl (C=O) groups is 1. The van der Waals surface area contributed by atoms with Crippen LogP contribution in [0.3, 0.4) is 0 Å². The van der Waals surface area contributed by atoms with Crippen molar-refractivity contribution in [3.63, 3.8) is 0 Å². The number of likely N-dealkylation sites (tertiary alicyclic amines) is 2. The average molecular weight is 480 g/mol. The Morgan fingerprint density at radius 2 is 1.60 bits per heavy atom. The predicted octanol–water partition coefficient (Wildman–Crippen LogP) is 4.36. The van der Waals surface area contributed by atoms with Crippen LogP contribution in [0.5, 0.6) is 5.75 Å². The van der Waals surface area contributed by atoms with Gasteiger partial charge in [-0.3, -0.25) is 9.69 Å². The number of halogens is 2. The van der Waals surface area contributed by atoms with E-state index in [0.717, 1.165) is 51.0 Å². The van der Waals surface area contributed by atoms with E-state index in [2.05, 4.69) is 15.9 Å². The first-order chi connectivity index (χ1) is 17.0. The lowest BCUT2D eigenvalue weighted by atomic mass is 10.0. The summed E-state index contributed by atoms with van der Waals surface area (Å²) in [6, 6.07) is 13.1. The van der Waals surface area contributed by atoms with Crippen LogP contribution in [-0.4, -0.2) is 65.5 Å². The Hall–Kier alpha value is -3.19. The summed E-state index contributed by atoms with van der Waals surface area (Å²) in [5.41, 5.74) is 1.85. The summed E-state index contributed by atoms with van der Waals surface area (Å²) < 4.78 is 32.2. The third-order valence-electron chi connectivity index (χ3n) is 7.06. The second-order valence-electron chi connectivity index (χ2n) is 9.55. The predicted molar refractivity (Wildman–Crippen MR) is 131 cm³/mol. The maximum atomic E-state index is 13.2. The summed E-state index contributed by atoms with van der Waals surface area (Å²) in [6.45, 7) is 4.79. The van der Waals surface area contributed by atoms with E-state index in [9.17, 15) is 13.6 Å². The highest BCUT2D eigenvalue weighted by molar-refractivity contribution is 5.96. The maximum absolute atomic E-state index is 13.2. The molecule has 2 aromatic rings. The van der Waals surface area contributed by atoms with E-state index < -0.39 is 0 Å². The van der Waals surface area contributed by atoms with Crippen molar-refractivity contribution >= 4 is 5.91 Å². The Labute approximate surface area is 205 Å². The zero-order chi connectivity index (χ0) is 24.2. The number of hydrogen-bond acceptors (Lipinski definition) is 4. The Morgan fingerprint density at radius 1 is 0.914 bits per heavy atom.